The van der Waals surface area contributed by atoms with Crippen molar-refractivity contribution in [2.45, 2.75) is 25.4 Å². The molecule has 0 aromatic carbocycles. The normalized spacial score (nSPS) is 21.7. The molecule has 0 bridgehead atoms. The molecule has 1 aliphatic heterocycles. The van der Waals surface area contributed by atoms with Crippen LogP contribution in [0.2, 0.25) is 0 Å². The average molecular weight is 210 g/mol. The van der Waals surface area contributed by atoms with Gasteiger partial charge in [-0.05, 0) is 19.3 Å². The molecule has 1 atom stereocenters. The molecule has 0 radical (unpaired) electrons. The monoisotopic (exact) mass is 210 g/mol. The van der Waals surface area contributed by atoms with Crippen molar-refractivity contribution in [2.24, 2.45) is 5.73 Å². The second kappa shape index (κ2) is 3.90. The van der Waals surface area contributed by atoms with E-state index in [1.807, 2.05) is 4.90 Å². The number of rotatable bonds is 1. The summed E-state index contributed by atoms with van der Waals surface area (Å²) in [4.78, 5) is 28.8. The second-order valence-corrected chi connectivity index (χ2v) is 3.71. The molecule has 6 nitrogen and oxygen atoms in total. The predicted octanol–water partition coefficient (Wildman–Crippen LogP) is -0.662. The molecule has 1 aromatic rings. The zero-order valence-electron chi connectivity index (χ0n) is 8.32. The second-order valence-electron chi connectivity index (χ2n) is 3.71. The van der Waals surface area contributed by atoms with Gasteiger partial charge in [-0.2, -0.15) is 0 Å². The molecule has 15 heavy (non-hydrogen) atoms. The van der Waals surface area contributed by atoms with Crippen LogP contribution in [-0.4, -0.2) is 22.7 Å². The molecule has 0 saturated carbocycles. The highest BCUT2D eigenvalue weighted by molar-refractivity contribution is 5.42. The Kier molecular flexibility index (Phi) is 2.59. The van der Waals surface area contributed by atoms with Crippen LogP contribution in [0.4, 0.5) is 5.69 Å². The Labute approximate surface area is 86.1 Å². The predicted molar refractivity (Wildman–Crippen MR) is 56.9 cm³/mol. The minimum absolute atomic E-state index is 0.134. The molecule has 82 valence electrons. The Balaban J connectivity index is 2.36. The Hall–Kier alpha value is -1.56. The summed E-state index contributed by atoms with van der Waals surface area (Å²) < 4.78 is 0. The van der Waals surface area contributed by atoms with Crippen molar-refractivity contribution in [1.29, 1.82) is 0 Å². The number of hydrogen-bond donors (Lipinski definition) is 3. The van der Waals surface area contributed by atoms with Gasteiger partial charge in [-0.3, -0.25) is 9.78 Å². The summed E-state index contributed by atoms with van der Waals surface area (Å²) in [6.45, 7) is 0.760. The fourth-order valence-electron chi connectivity index (χ4n) is 1.87. The highest BCUT2D eigenvalue weighted by Gasteiger charge is 2.21. The van der Waals surface area contributed by atoms with Crippen molar-refractivity contribution in [2.75, 3.05) is 11.4 Å². The standard InChI is InChI=1S/C9H14N4O2/c10-7-3-1-2-4-13(7)6-5-11-9(15)12-8(6)14/h5,7H,1-4,10H2,(H2,11,12,14,15). The maximum absolute atomic E-state index is 11.5. The highest BCUT2D eigenvalue weighted by atomic mass is 16.2. The lowest BCUT2D eigenvalue weighted by Crippen LogP contribution is -2.48. The van der Waals surface area contributed by atoms with Gasteiger partial charge >= 0.3 is 5.69 Å². The number of nitrogens with zero attached hydrogens (tertiary/aromatic N) is 1. The van der Waals surface area contributed by atoms with Gasteiger partial charge in [-0.25, -0.2) is 4.79 Å². The maximum Gasteiger partial charge on any atom is 0.325 e. The van der Waals surface area contributed by atoms with Gasteiger partial charge in [0.15, 0.2) is 0 Å². The van der Waals surface area contributed by atoms with Crippen molar-refractivity contribution < 1.29 is 0 Å². The SMILES string of the molecule is NC1CCCCN1c1c[nH]c(=O)[nH]c1=O. The number of piperidine rings is 1. The van der Waals surface area contributed by atoms with E-state index in [1.54, 1.807) is 0 Å². The first kappa shape index (κ1) is 9.97. The quantitative estimate of drug-likeness (QED) is 0.573. The van der Waals surface area contributed by atoms with Crippen molar-refractivity contribution in [3.63, 3.8) is 0 Å². The molecular weight excluding hydrogens is 196 g/mol. The number of anilines is 1. The summed E-state index contributed by atoms with van der Waals surface area (Å²) in [6, 6.07) is 0. The molecule has 6 heteroatoms. The third-order valence-corrected chi connectivity index (χ3v) is 2.66. The van der Waals surface area contributed by atoms with Crippen LogP contribution in [0, 0.1) is 0 Å². The average Bonchev–Trinajstić information content (AvgIpc) is 2.20. The molecule has 2 rings (SSSR count). The first-order valence-electron chi connectivity index (χ1n) is 5.03. The van der Waals surface area contributed by atoms with Gasteiger partial charge in [0, 0.05) is 12.7 Å². The fourth-order valence-corrected chi connectivity index (χ4v) is 1.87. The largest absolute Gasteiger partial charge is 0.351 e. The molecular formula is C9H14N4O2. The van der Waals surface area contributed by atoms with E-state index in [2.05, 4.69) is 9.97 Å². The molecule has 2 heterocycles. The van der Waals surface area contributed by atoms with Crippen LogP contribution >= 0.6 is 0 Å². The maximum atomic E-state index is 11.5. The summed E-state index contributed by atoms with van der Waals surface area (Å²) >= 11 is 0. The fraction of sp³-hybridized carbons (Fsp3) is 0.556. The molecule has 4 N–H and O–H groups in total. The van der Waals surface area contributed by atoms with Crippen molar-refractivity contribution in [3.05, 3.63) is 27.0 Å². The lowest BCUT2D eigenvalue weighted by Gasteiger charge is -2.33. The first-order chi connectivity index (χ1) is 7.18. The van der Waals surface area contributed by atoms with Gasteiger partial charge < -0.3 is 15.6 Å². The van der Waals surface area contributed by atoms with Crippen LogP contribution in [0.25, 0.3) is 0 Å². The number of H-pyrrole nitrogens is 2. The molecule has 0 spiro atoms. The lowest BCUT2D eigenvalue weighted by atomic mass is 10.1. The minimum atomic E-state index is -0.491. The van der Waals surface area contributed by atoms with Gasteiger partial charge in [0.05, 0.1) is 6.17 Å². The van der Waals surface area contributed by atoms with Crippen LogP contribution in [0.15, 0.2) is 15.8 Å². The third kappa shape index (κ3) is 1.94. The van der Waals surface area contributed by atoms with Crippen molar-refractivity contribution in [3.8, 4) is 0 Å². The summed E-state index contributed by atoms with van der Waals surface area (Å²) in [5.74, 6) is 0. The first-order valence-corrected chi connectivity index (χ1v) is 5.03. The number of hydrogen-bond acceptors (Lipinski definition) is 4. The Morgan fingerprint density at radius 1 is 1.40 bits per heavy atom. The Morgan fingerprint density at radius 2 is 2.20 bits per heavy atom. The zero-order valence-corrected chi connectivity index (χ0v) is 8.32. The summed E-state index contributed by atoms with van der Waals surface area (Å²) in [7, 11) is 0. The number of aromatic amines is 2. The van der Waals surface area contributed by atoms with Gasteiger partial charge in [0.1, 0.15) is 5.69 Å². The summed E-state index contributed by atoms with van der Waals surface area (Å²) in [5, 5.41) is 0. The molecule has 1 unspecified atom stereocenters. The summed E-state index contributed by atoms with van der Waals surface area (Å²) in [5.41, 5.74) is 5.48. The van der Waals surface area contributed by atoms with Gasteiger partial charge in [0.25, 0.3) is 5.56 Å². The van der Waals surface area contributed by atoms with Crippen molar-refractivity contribution in [1.82, 2.24) is 9.97 Å². The molecule has 1 aliphatic rings. The van der Waals surface area contributed by atoms with Crippen LogP contribution in [0.3, 0.4) is 0 Å². The van der Waals surface area contributed by atoms with Gasteiger partial charge in [-0.15, -0.1) is 0 Å². The molecule has 0 aliphatic carbocycles. The number of aromatic nitrogens is 2. The third-order valence-electron chi connectivity index (χ3n) is 2.66. The van der Waals surface area contributed by atoms with E-state index in [0.29, 0.717) is 5.69 Å². The van der Waals surface area contributed by atoms with E-state index in [-0.39, 0.29) is 11.7 Å². The molecule has 1 saturated heterocycles. The van der Waals surface area contributed by atoms with Crippen LogP contribution in [-0.2, 0) is 0 Å². The number of nitrogens with two attached hydrogens (primary N) is 1. The Bertz CT molecular complexity index is 450. The van der Waals surface area contributed by atoms with Crippen LogP contribution < -0.4 is 21.9 Å². The highest BCUT2D eigenvalue weighted by Crippen LogP contribution is 2.17. The topological polar surface area (TPSA) is 95.0 Å². The van der Waals surface area contributed by atoms with Gasteiger partial charge in [0.2, 0.25) is 0 Å². The van der Waals surface area contributed by atoms with E-state index in [4.69, 9.17) is 5.73 Å². The van der Waals surface area contributed by atoms with E-state index in [9.17, 15) is 9.59 Å². The van der Waals surface area contributed by atoms with E-state index in [0.717, 1.165) is 25.8 Å². The summed E-state index contributed by atoms with van der Waals surface area (Å²) in [6.07, 6.45) is 4.27. The van der Waals surface area contributed by atoms with Crippen LogP contribution in [0.1, 0.15) is 19.3 Å². The number of nitrogens with one attached hydrogen (secondary N) is 2. The van der Waals surface area contributed by atoms with E-state index >= 15 is 0 Å². The van der Waals surface area contributed by atoms with Gasteiger partial charge in [-0.1, -0.05) is 0 Å². The molecule has 1 aromatic heterocycles. The molecule has 0 amide bonds. The van der Waals surface area contributed by atoms with E-state index in [1.165, 1.54) is 6.20 Å². The Morgan fingerprint density at radius 3 is 2.87 bits per heavy atom. The molecule has 1 fully saturated rings. The van der Waals surface area contributed by atoms with Crippen molar-refractivity contribution >= 4 is 5.69 Å². The lowest BCUT2D eigenvalue weighted by molar-refractivity contribution is 0.468. The zero-order chi connectivity index (χ0) is 10.8. The minimum Gasteiger partial charge on any atom is -0.351 e. The van der Waals surface area contributed by atoms with Crippen LogP contribution in [0.5, 0.6) is 0 Å². The smallest absolute Gasteiger partial charge is 0.325 e. The van der Waals surface area contributed by atoms with E-state index < -0.39 is 5.69 Å².